The van der Waals surface area contributed by atoms with Gasteiger partial charge in [0.2, 0.25) is 0 Å². The van der Waals surface area contributed by atoms with Crippen molar-refractivity contribution in [1.82, 2.24) is 20.2 Å². The summed E-state index contributed by atoms with van der Waals surface area (Å²) in [5.41, 5.74) is 0. The number of nitrogens with zero attached hydrogens (tertiary/aromatic N) is 2. The molecular formula is C15H28N4O. The minimum absolute atomic E-state index is 0.0504. The zero-order valence-corrected chi connectivity index (χ0v) is 12.8. The summed E-state index contributed by atoms with van der Waals surface area (Å²) in [4.78, 5) is 15.6. The number of hydrogen-bond donors (Lipinski definition) is 2. The van der Waals surface area contributed by atoms with Crippen LogP contribution in [0.3, 0.4) is 0 Å². The Morgan fingerprint density at radius 1 is 1.30 bits per heavy atom. The highest BCUT2D eigenvalue weighted by atomic mass is 16.2. The summed E-state index contributed by atoms with van der Waals surface area (Å²) < 4.78 is 2.01. The number of aryl methyl sites for hydroxylation is 1. The molecule has 0 spiro atoms. The van der Waals surface area contributed by atoms with E-state index >= 15 is 0 Å². The molecule has 1 unspecified atom stereocenters. The fourth-order valence-electron chi connectivity index (χ4n) is 2.13. The first kappa shape index (κ1) is 16.5. The van der Waals surface area contributed by atoms with Gasteiger partial charge in [0.25, 0.3) is 0 Å². The molecule has 0 fully saturated rings. The number of unbranched alkanes of at least 4 members (excludes halogenated alkanes) is 1. The lowest BCUT2D eigenvalue weighted by molar-refractivity contribution is 0.238. The van der Waals surface area contributed by atoms with Crippen molar-refractivity contribution in [3.05, 3.63) is 18.7 Å². The van der Waals surface area contributed by atoms with Crippen molar-refractivity contribution in [2.45, 2.75) is 52.5 Å². The lowest BCUT2D eigenvalue weighted by atomic mass is 9.99. The number of aromatic nitrogens is 2. The van der Waals surface area contributed by atoms with Crippen LogP contribution in [0.4, 0.5) is 4.79 Å². The first-order valence-electron chi connectivity index (χ1n) is 7.73. The summed E-state index contributed by atoms with van der Waals surface area (Å²) in [6.07, 6.45) is 11.2. The van der Waals surface area contributed by atoms with Gasteiger partial charge < -0.3 is 15.2 Å². The van der Waals surface area contributed by atoms with Gasteiger partial charge in [-0.25, -0.2) is 9.78 Å². The molecule has 5 nitrogen and oxygen atoms in total. The first-order valence-corrected chi connectivity index (χ1v) is 7.73. The smallest absolute Gasteiger partial charge is 0.314 e. The zero-order valence-electron chi connectivity index (χ0n) is 12.8. The first-order chi connectivity index (χ1) is 9.76. The molecule has 0 bridgehead atoms. The van der Waals surface area contributed by atoms with Crippen LogP contribution in [0.15, 0.2) is 18.7 Å². The van der Waals surface area contributed by atoms with Crippen LogP contribution in [-0.4, -0.2) is 28.7 Å². The highest BCUT2D eigenvalue weighted by molar-refractivity contribution is 5.73. The Labute approximate surface area is 122 Å². The second-order valence-electron chi connectivity index (χ2n) is 5.21. The minimum atomic E-state index is -0.0504. The van der Waals surface area contributed by atoms with Crippen molar-refractivity contribution < 1.29 is 4.79 Å². The number of carbonyl (C=O) groups is 1. The van der Waals surface area contributed by atoms with Crippen molar-refractivity contribution >= 4 is 6.03 Å². The van der Waals surface area contributed by atoms with Crippen LogP contribution in [0.5, 0.6) is 0 Å². The molecule has 1 rings (SSSR count). The number of imidazole rings is 1. The second-order valence-corrected chi connectivity index (χ2v) is 5.21. The zero-order chi connectivity index (χ0) is 14.6. The third-order valence-corrected chi connectivity index (χ3v) is 3.53. The number of carbonyl (C=O) groups excluding carboxylic acids is 1. The molecule has 5 heteroatoms. The molecule has 1 aromatic heterocycles. The van der Waals surface area contributed by atoms with Crippen LogP contribution in [-0.2, 0) is 6.54 Å². The number of urea groups is 1. The van der Waals surface area contributed by atoms with Crippen molar-refractivity contribution in [2.75, 3.05) is 13.1 Å². The van der Waals surface area contributed by atoms with Crippen molar-refractivity contribution in [3.8, 4) is 0 Å². The fourth-order valence-corrected chi connectivity index (χ4v) is 2.13. The van der Waals surface area contributed by atoms with E-state index in [4.69, 9.17) is 0 Å². The maximum atomic E-state index is 11.7. The van der Waals surface area contributed by atoms with Gasteiger partial charge in [-0.15, -0.1) is 0 Å². The third kappa shape index (κ3) is 7.16. The molecule has 0 aliphatic carbocycles. The standard InChI is InChI=1S/C15H28N4O/c1-3-5-7-14(4-2)12-18-15(20)17-8-6-10-19-11-9-16-13-19/h9,11,13-14H,3-8,10,12H2,1-2H3,(H2,17,18,20). The lowest BCUT2D eigenvalue weighted by Gasteiger charge is -2.15. The van der Waals surface area contributed by atoms with Crippen LogP contribution >= 0.6 is 0 Å². The summed E-state index contributed by atoms with van der Waals surface area (Å²) in [5.74, 6) is 0.603. The van der Waals surface area contributed by atoms with Gasteiger partial charge in [-0.1, -0.05) is 33.1 Å². The van der Waals surface area contributed by atoms with E-state index in [1.165, 1.54) is 19.3 Å². The molecule has 0 aliphatic rings. The number of nitrogens with one attached hydrogen (secondary N) is 2. The molecule has 1 aromatic rings. The average molecular weight is 280 g/mol. The van der Waals surface area contributed by atoms with E-state index in [9.17, 15) is 4.79 Å². The normalized spacial score (nSPS) is 12.1. The van der Waals surface area contributed by atoms with Gasteiger partial charge in [0, 0.05) is 32.0 Å². The minimum Gasteiger partial charge on any atom is -0.338 e. The monoisotopic (exact) mass is 280 g/mol. The topological polar surface area (TPSA) is 59.0 Å². The van der Waals surface area contributed by atoms with Gasteiger partial charge in [-0.05, 0) is 18.8 Å². The molecule has 114 valence electrons. The largest absolute Gasteiger partial charge is 0.338 e. The highest BCUT2D eigenvalue weighted by Gasteiger charge is 2.07. The molecule has 20 heavy (non-hydrogen) atoms. The quantitative estimate of drug-likeness (QED) is 0.647. The Balaban J connectivity index is 2.04. The van der Waals surface area contributed by atoms with Crippen LogP contribution in [0, 0.1) is 5.92 Å². The Morgan fingerprint density at radius 3 is 2.80 bits per heavy atom. The molecule has 2 amide bonds. The van der Waals surface area contributed by atoms with Gasteiger partial charge in [-0.2, -0.15) is 0 Å². The molecular weight excluding hydrogens is 252 g/mol. The molecule has 0 aliphatic heterocycles. The van der Waals surface area contributed by atoms with Gasteiger partial charge in [-0.3, -0.25) is 0 Å². The Kier molecular flexibility index (Phi) is 8.51. The Morgan fingerprint density at radius 2 is 2.15 bits per heavy atom. The highest BCUT2D eigenvalue weighted by Crippen LogP contribution is 2.10. The molecule has 2 N–H and O–H groups in total. The van der Waals surface area contributed by atoms with Crippen molar-refractivity contribution in [1.29, 1.82) is 0 Å². The summed E-state index contributed by atoms with van der Waals surface area (Å²) in [6, 6.07) is -0.0504. The average Bonchev–Trinajstić information content (AvgIpc) is 2.97. The van der Waals surface area contributed by atoms with E-state index < -0.39 is 0 Å². The van der Waals surface area contributed by atoms with Crippen LogP contribution in [0.25, 0.3) is 0 Å². The van der Waals surface area contributed by atoms with Gasteiger partial charge in [0.15, 0.2) is 0 Å². The van der Waals surface area contributed by atoms with E-state index in [1.807, 2.05) is 10.8 Å². The van der Waals surface area contributed by atoms with E-state index in [2.05, 4.69) is 29.5 Å². The van der Waals surface area contributed by atoms with E-state index in [-0.39, 0.29) is 6.03 Å². The van der Waals surface area contributed by atoms with E-state index in [0.717, 1.165) is 25.9 Å². The van der Waals surface area contributed by atoms with E-state index in [1.54, 1.807) is 12.5 Å². The molecule has 1 heterocycles. The van der Waals surface area contributed by atoms with Crippen molar-refractivity contribution in [3.63, 3.8) is 0 Å². The predicted octanol–water partition coefficient (Wildman–Crippen LogP) is 2.79. The van der Waals surface area contributed by atoms with Gasteiger partial charge in [0.05, 0.1) is 6.33 Å². The number of amides is 2. The Hall–Kier alpha value is -1.52. The summed E-state index contributed by atoms with van der Waals surface area (Å²) in [7, 11) is 0. The predicted molar refractivity (Wildman–Crippen MR) is 81.6 cm³/mol. The van der Waals surface area contributed by atoms with Crippen LogP contribution in [0.1, 0.15) is 46.0 Å². The maximum Gasteiger partial charge on any atom is 0.314 e. The molecule has 1 atom stereocenters. The van der Waals surface area contributed by atoms with E-state index in [0.29, 0.717) is 12.5 Å². The number of rotatable bonds is 10. The van der Waals surface area contributed by atoms with Crippen molar-refractivity contribution in [2.24, 2.45) is 5.92 Å². The molecule has 0 aromatic carbocycles. The molecule has 0 saturated carbocycles. The number of hydrogen-bond acceptors (Lipinski definition) is 2. The molecule has 0 radical (unpaired) electrons. The maximum absolute atomic E-state index is 11.7. The summed E-state index contributed by atoms with van der Waals surface area (Å²) in [5, 5.41) is 5.86. The second kappa shape index (κ2) is 10.3. The van der Waals surface area contributed by atoms with Crippen LogP contribution in [0.2, 0.25) is 0 Å². The molecule has 0 saturated heterocycles. The third-order valence-electron chi connectivity index (χ3n) is 3.53. The summed E-state index contributed by atoms with van der Waals surface area (Å²) in [6.45, 7) is 6.74. The van der Waals surface area contributed by atoms with Gasteiger partial charge >= 0.3 is 6.03 Å². The summed E-state index contributed by atoms with van der Waals surface area (Å²) >= 11 is 0. The Bertz CT molecular complexity index is 351. The van der Waals surface area contributed by atoms with Crippen LogP contribution < -0.4 is 10.6 Å². The lowest BCUT2D eigenvalue weighted by Crippen LogP contribution is -2.38. The SMILES string of the molecule is CCCCC(CC)CNC(=O)NCCCn1ccnc1. The van der Waals surface area contributed by atoms with Gasteiger partial charge in [0.1, 0.15) is 0 Å². The fraction of sp³-hybridized carbons (Fsp3) is 0.733.